The van der Waals surface area contributed by atoms with Gasteiger partial charge >= 0.3 is 0 Å². The van der Waals surface area contributed by atoms with Crippen LogP contribution < -0.4 is 5.32 Å². The molecule has 0 aromatic carbocycles. The minimum Gasteiger partial charge on any atom is -0.449 e. The normalized spacial score (nSPS) is 10.2. The Hall–Kier alpha value is -2.06. The second-order valence-electron chi connectivity index (χ2n) is 3.38. The second-order valence-corrected chi connectivity index (χ2v) is 3.38. The van der Waals surface area contributed by atoms with E-state index in [2.05, 4.69) is 15.3 Å². The molecule has 2 aromatic heterocycles. The zero-order valence-corrected chi connectivity index (χ0v) is 8.73. The SMILES string of the molecule is N#Cc1ccc(CNCCc2cnc[nH]2)o1. The Morgan fingerprint density at radius 2 is 2.44 bits per heavy atom. The number of aromatic amines is 1. The number of nitriles is 1. The molecule has 0 unspecified atom stereocenters. The van der Waals surface area contributed by atoms with Gasteiger partial charge in [0.25, 0.3) is 0 Å². The Labute approximate surface area is 93.1 Å². The van der Waals surface area contributed by atoms with E-state index in [0.29, 0.717) is 12.3 Å². The highest BCUT2D eigenvalue weighted by Crippen LogP contribution is 2.05. The second kappa shape index (κ2) is 5.14. The molecule has 5 heteroatoms. The minimum atomic E-state index is 0.352. The molecule has 0 spiro atoms. The minimum absolute atomic E-state index is 0.352. The third-order valence-corrected chi connectivity index (χ3v) is 2.20. The van der Waals surface area contributed by atoms with Crippen molar-refractivity contribution in [3.05, 3.63) is 41.9 Å². The smallest absolute Gasteiger partial charge is 0.203 e. The highest BCUT2D eigenvalue weighted by molar-refractivity contribution is 5.18. The maximum atomic E-state index is 8.57. The lowest BCUT2D eigenvalue weighted by Gasteiger charge is -2.00. The summed E-state index contributed by atoms with van der Waals surface area (Å²) in [4.78, 5) is 6.97. The van der Waals surface area contributed by atoms with Gasteiger partial charge in [-0.15, -0.1) is 0 Å². The predicted octanol–water partition coefficient (Wildman–Crippen LogP) is 1.21. The first-order chi connectivity index (χ1) is 7.88. The fourth-order valence-electron chi connectivity index (χ4n) is 1.39. The van der Waals surface area contributed by atoms with E-state index in [0.717, 1.165) is 24.4 Å². The van der Waals surface area contributed by atoms with Gasteiger partial charge in [-0.3, -0.25) is 0 Å². The molecule has 82 valence electrons. The van der Waals surface area contributed by atoms with Crippen molar-refractivity contribution in [3.63, 3.8) is 0 Å². The highest BCUT2D eigenvalue weighted by atomic mass is 16.3. The van der Waals surface area contributed by atoms with Crippen LogP contribution in [-0.4, -0.2) is 16.5 Å². The van der Waals surface area contributed by atoms with E-state index >= 15 is 0 Å². The zero-order valence-electron chi connectivity index (χ0n) is 8.73. The van der Waals surface area contributed by atoms with Crippen molar-refractivity contribution in [1.82, 2.24) is 15.3 Å². The van der Waals surface area contributed by atoms with Gasteiger partial charge in [0.2, 0.25) is 5.76 Å². The third kappa shape index (κ3) is 2.72. The molecular formula is C11H12N4O. The molecule has 2 rings (SSSR count). The first kappa shape index (κ1) is 10.5. The molecule has 0 fully saturated rings. The van der Waals surface area contributed by atoms with Gasteiger partial charge in [-0.25, -0.2) is 4.98 Å². The molecule has 0 bridgehead atoms. The van der Waals surface area contributed by atoms with E-state index in [1.165, 1.54) is 0 Å². The van der Waals surface area contributed by atoms with E-state index in [1.54, 1.807) is 12.4 Å². The molecule has 2 N–H and O–H groups in total. The summed E-state index contributed by atoms with van der Waals surface area (Å²) < 4.78 is 5.23. The molecule has 0 saturated carbocycles. The lowest BCUT2D eigenvalue weighted by atomic mass is 10.3. The summed E-state index contributed by atoms with van der Waals surface area (Å²) in [6.07, 6.45) is 4.37. The fraction of sp³-hybridized carbons (Fsp3) is 0.273. The summed E-state index contributed by atoms with van der Waals surface area (Å²) >= 11 is 0. The first-order valence-corrected chi connectivity index (χ1v) is 5.05. The summed E-state index contributed by atoms with van der Waals surface area (Å²) in [6.45, 7) is 1.47. The van der Waals surface area contributed by atoms with Gasteiger partial charge in [0.1, 0.15) is 11.8 Å². The summed E-state index contributed by atoms with van der Waals surface area (Å²) in [5.41, 5.74) is 1.10. The van der Waals surface area contributed by atoms with E-state index in [-0.39, 0.29) is 0 Å². The van der Waals surface area contributed by atoms with Crippen molar-refractivity contribution < 1.29 is 4.42 Å². The van der Waals surface area contributed by atoms with E-state index in [9.17, 15) is 0 Å². The topological polar surface area (TPSA) is 77.6 Å². The van der Waals surface area contributed by atoms with E-state index in [1.807, 2.05) is 18.3 Å². The van der Waals surface area contributed by atoms with Crippen LogP contribution in [0.1, 0.15) is 17.2 Å². The summed E-state index contributed by atoms with van der Waals surface area (Å²) in [7, 11) is 0. The molecule has 0 aliphatic heterocycles. The highest BCUT2D eigenvalue weighted by Gasteiger charge is 2.00. The Kier molecular flexibility index (Phi) is 3.36. The van der Waals surface area contributed by atoms with Crippen LogP contribution in [0.5, 0.6) is 0 Å². The van der Waals surface area contributed by atoms with E-state index < -0.39 is 0 Å². The molecule has 5 nitrogen and oxygen atoms in total. The molecule has 0 aliphatic carbocycles. The predicted molar refractivity (Wildman–Crippen MR) is 57.4 cm³/mol. The number of hydrogen-bond donors (Lipinski definition) is 2. The summed E-state index contributed by atoms with van der Waals surface area (Å²) in [5, 5.41) is 11.8. The fourth-order valence-corrected chi connectivity index (χ4v) is 1.39. The number of rotatable bonds is 5. The first-order valence-electron chi connectivity index (χ1n) is 5.05. The monoisotopic (exact) mass is 216 g/mol. The van der Waals surface area contributed by atoms with Crippen LogP contribution in [0.3, 0.4) is 0 Å². The van der Waals surface area contributed by atoms with Crippen molar-refractivity contribution in [1.29, 1.82) is 5.26 Å². The number of hydrogen-bond acceptors (Lipinski definition) is 4. The van der Waals surface area contributed by atoms with Gasteiger partial charge in [0, 0.05) is 24.9 Å². The number of aromatic nitrogens is 2. The molecule has 0 amide bonds. The molecule has 16 heavy (non-hydrogen) atoms. The molecule has 0 aliphatic rings. The molecule has 2 heterocycles. The van der Waals surface area contributed by atoms with Crippen molar-refractivity contribution in [3.8, 4) is 6.07 Å². The number of imidazole rings is 1. The van der Waals surface area contributed by atoms with Crippen molar-refractivity contribution in [2.24, 2.45) is 0 Å². The molecule has 2 aromatic rings. The molecule has 0 saturated heterocycles. The Morgan fingerprint density at radius 1 is 1.50 bits per heavy atom. The van der Waals surface area contributed by atoms with Crippen LogP contribution in [-0.2, 0) is 13.0 Å². The van der Waals surface area contributed by atoms with Crippen LogP contribution in [0.4, 0.5) is 0 Å². The Balaban J connectivity index is 1.70. The van der Waals surface area contributed by atoms with Gasteiger partial charge in [-0.2, -0.15) is 5.26 Å². The Bertz CT molecular complexity index is 466. The van der Waals surface area contributed by atoms with Crippen LogP contribution in [0.25, 0.3) is 0 Å². The molecular weight excluding hydrogens is 204 g/mol. The lowest BCUT2D eigenvalue weighted by Crippen LogP contribution is -2.16. The van der Waals surface area contributed by atoms with Gasteiger partial charge in [-0.1, -0.05) is 0 Å². The van der Waals surface area contributed by atoms with Crippen molar-refractivity contribution in [2.75, 3.05) is 6.54 Å². The maximum absolute atomic E-state index is 8.57. The number of nitrogens with one attached hydrogen (secondary N) is 2. The van der Waals surface area contributed by atoms with Crippen molar-refractivity contribution in [2.45, 2.75) is 13.0 Å². The zero-order chi connectivity index (χ0) is 11.2. The lowest BCUT2D eigenvalue weighted by molar-refractivity contribution is 0.474. The molecule has 0 radical (unpaired) electrons. The van der Waals surface area contributed by atoms with Crippen LogP contribution in [0.15, 0.2) is 29.1 Å². The van der Waals surface area contributed by atoms with Crippen molar-refractivity contribution >= 4 is 0 Å². The summed E-state index contributed by atoms with van der Waals surface area (Å²) in [5.74, 6) is 1.13. The average molecular weight is 216 g/mol. The van der Waals surface area contributed by atoms with Gasteiger partial charge < -0.3 is 14.7 Å². The van der Waals surface area contributed by atoms with Gasteiger partial charge in [0.05, 0.1) is 12.9 Å². The average Bonchev–Trinajstić information content (AvgIpc) is 2.95. The third-order valence-electron chi connectivity index (χ3n) is 2.20. The number of H-pyrrole nitrogens is 1. The van der Waals surface area contributed by atoms with Crippen LogP contribution >= 0.6 is 0 Å². The maximum Gasteiger partial charge on any atom is 0.203 e. The van der Waals surface area contributed by atoms with Crippen LogP contribution in [0.2, 0.25) is 0 Å². The molecule has 0 atom stereocenters. The standard InChI is InChI=1S/C11H12N4O/c12-5-10-1-2-11(16-10)7-13-4-3-9-6-14-8-15-9/h1-2,6,8,13H,3-4,7H2,(H,14,15). The summed E-state index contributed by atoms with van der Waals surface area (Å²) in [6, 6.07) is 5.43. The van der Waals surface area contributed by atoms with Gasteiger partial charge in [-0.05, 0) is 12.1 Å². The Morgan fingerprint density at radius 3 is 3.12 bits per heavy atom. The number of furan rings is 1. The van der Waals surface area contributed by atoms with Crippen LogP contribution in [0, 0.1) is 11.3 Å². The van der Waals surface area contributed by atoms with E-state index in [4.69, 9.17) is 9.68 Å². The number of nitrogens with zero attached hydrogens (tertiary/aromatic N) is 2. The van der Waals surface area contributed by atoms with Gasteiger partial charge in [0.15, 0.2) is 0 Å². The largest absolute Gasteiger partial charge is 0.449 e. The quantitative estimate of drug-likeness (QED) is 0.736.